The second kappa shape index (κ2) is 4.45. The van der Waals surface area contributed by atoms with Crippen LogP contribution in [0.1, 0.15) is 46.1 Å². The summed E-state index contributed by atoms with van der Waals surface area (Å²) in [4.78, 5) is 0. The third-order valence-corrected chi connectivity index (χ3v) is 4.13. The number of nitrogens with zero attached hydrogens (tertiary/aromatic N) is 2. The zero-order valence-electron chi connectivity index (χ0n) is 11.7. The quantitative estimate of drug-likeness (QED) is 0.850. The minimum atomic E-state index is 0.420. The second-order valence-electron chi connectivity index (χ2n) is 6.10. The monoisotopic (exact) mass is 235 g/mol. The van der Waals surface area contributed by atoms with Crippen LogP contribution in [-0.2, 0) is 6.54 Å². The summed E-state index contributed by atoms with van der Waals surface area (Å²) in [7, 11) is 0. The van der Waals surface area contributed by atoms with Crippen LogP contribution >= 0.6 is 0 Å². The number of nitrogens with one attached hydrogen (secondary N) is 1. The van der Waals surface area contributed by atoms with Gasteiger partial charge in [0.1, 0.15) is 0 Å². The van der Waals surface area contributed by atoms with Gasteiger partial charge in [-0.3, -0.25) is 4.68 Å². The van der Waals surface area contributed by atoms with E-state index in [0.29, 0.717) is 17.4 Å². The van der Waals surface area contributed by atoms with E-state index in [0.717, 1.165) is 19.0 Å². The number of hydrogen-bond acceptors (Lipinski definition) is 2. The number of hydrogen-bond donors (Lipinski definition) is 1. The third-order valence-electron chi connectivity index (χ3n) is 4.13. The van der Waals surface area contributed by atoms with Crippen LogP contribution in [-0.4, -0.2) is 22.4 Å². The van der Waals surface area contributed by atoms with Crippen molar-refractivity contribution in [2.75, 3.05) is 6.54 Å². The van der Waals surface area contributed by atoms with Crippen LogP contribution in [0, 0.1) is 11.3 Å². The second-order valence-corrected chi connectivity index (χ2v) is 6.10. The molecule has 1 aromatic heterocycles. The lowest BCUT2D eigenvalue weighted by Crippen LogP contribution is -2.26. The fourth-order valence-electron chi connectivity index (χ4n) is 2.86. The predicted octanol–water partition coefficient (Wildman–Crippen LogP) is 2.64. The van der Waals surface area contributed by atoms with Gasteiger partial charge in [0.25, 0.3) is 0 Å². The molecule has 3 nitrogen and oxygen atoms in total. The molecule has 0 bridgehead atoms. The van der Waals surface area contributed by atoms with Crippen molar-refractivity contribution in [2.45, 2.75) is 53.1 Å². The normalized spacial score (nSPS) is 26.5. The molecule has 2 unspecified atom stereocenters. The highest BCUT2D eigenvalue weighted by molar-refractivity contribution is 5.28. The van der Waals surface area contributed by atoms with Crippen molar-refractivity contribution >= 4 is 0 Å². The fourth-order valence-corrected chi connectivity index (χ4v) is 2.86. The molecule has 1 aliphatic rings. The molecule has 3 heteroatoms. The van der Waals surface area contributed by atoms with Crippen molar-refractivity contribution in [3.63, 3.8) is 0 Å². The standard InChI is InChI=1S/C14H25N3/c1-6-17-9-11(7-16-17)13-12(14(13,4)5)8-15-10(2)3/h7,9-10,12-13,15H,6,8H2,1-5H3. The summed E-state index contributed by atoms with van der Waals surface area (Å²) in [5.41, 5.74) is 1.83. The Morgan fingerprint density at radius 2 is 2.18 bits per heavy atom. The summed E-state index contributed by atoms with van der Waals surface area (Å²) in [6.07, 6.45) is 4.26. The summed E-state index contributed by atoms with van der Waals surface area (Å²) in [6, 6.07) is 0.574. The Morgan fingerprint density at radius 1 is 1.47 bits per heavy atom. The molecule has 1 saturated carbocycles. The maximum absolute atomic E-state index is 4.39. The van der Waals surface area contributed by atoms with Gasteiger partial charge in [-0.1, -0.05) is 27.7 Å². The average Bonchev–Trinajstić information content (AvgIpc) is 2.65. The summed E-state index contributed by atoms with van der Waals surface area (Å²) in [5, 5.41) is 7.94. The highest BCUT2D eigenvalue weighted by Gasteiger charge is 2.58. The largest absolute Gasteiger partial charge is 0.314 e. The van der Waals surface area contributed by atoms with Gasteiger partial charge in [-0.25, -0.2) is 0 Å². The summed E-state index contributed by atoms with van der Waals surface area (Å²) in [6.45, 7) is 13.4. The van der Waals surface area contributed by atoms with Crippen molar-refractivity contribution in [2.24, 2.45) is 11.3 Å². The first-order valence-electron chi connectivity index (χ1n) is 6.72. The minimum absolute atomic E-state index is 0.420. The van der Waals surface area contributed by atoms with Gasteiger partial charge in [0.05, 0.1) is 6.20 Å². The molecule has 0 saturated heterocycles. The van der Waals surface area contributed by atoms with Gasteiger partial charge in [-0.05, 0) is 36.3 Å². The first-order chi connectivity index (χ1) is 7.96. The van der Waals surface area contributed by atoms with E-state index in [-0.39, 0.29) is 0 Å². The average molecular weight is 235 g/mol. The van der Waals surface area contributed by atoms with Gasteiger partial charge in [0, 0.05) is 18.8 Å². The Kier molecular flexibility index (Phi) is 3.30. The van der Waals surface area contributed by atoms with Gasteiger partial charge < -0.3 is 5.32 Å². The maximum atomic E-state index is 4.39. The zero-order chi connectivity index (χ0) is 12.6. The first-order valence-corrected chi connectivity index (χ1v) is 6.72. The molecule has 17 heavy (non-hydrogen) atoms. The Bertz CT molecular complexity index is 379. The number of aromatic nitrogens is 2. The molecule has 96 valence electrons. The Balaban J connectivity index is 2.02. The van der Waals surface area contributed by atoms with Crippen LogP contribution < -0.4 is 5.32 Å². The molecule has 0 spiro atoms. The molecule has 1 N–H and O–H groups in total. The van der Waals surface area contributed by atoms with Crippen LogP contribution in [0.5, 0.6) is 0 Å². The molecule has 1 fully saturated rings. The van der Waals surface area contributed by atoms with Crippen molar-refractivity contribution in [3.05, 3.63) is 18.0 Å². The molecule has 1 heterocycles. The Morgan fingerprint density at radius 3 is 2.71 bits per heavy atom. The van der Waals surface area contributed by atoms with Crippen molar-refractivity contribution in [1.82, 2.24) is 15.1 Å². The van der Waals surface area contributed by atoms with E-state index in [9.17, 15) is 0 Å². The molecule has 2 atom stereocenters. The molecular formula is C14H25N3. The molecule has 1 aromatic rings. The van der Waals surface area contributed by atoms with E-state index < -0.39 is 0 Å². The lowest BCUT2D eigenvalue weighted by atomic mass is 10.1. The highest BCUT2D eigenvalue weighted by atomic mass is 15.3. The van der Waals surface area contributed by atoms with E-state index >= 15 is 0 Å². The van der Waals surface area contributed by atoms with Gasteiger partial charge in [-0.2, -0.15) is 5.10 Å². The lowest BCUT2D eigenvalue weighted by molar-refractivity contribution is 0.491. The molecule has 0 aliphatic heterocycles. The van der Waals surface area contributed by atoms with Gasteiger partial charge >= 0.3 is 0 Å². The van der Waals surface area contributed by atoms with Gasteiger partial charge in [0.15, 0.2) is 0 Å². The predicted molar refractivity (Wildman–Crippen MR) is 71.1 cm³/mol. The first kappa shape index (κ1) is 12.6. The Labute approximate surface area is 105 Å². The molecule has 2 rings (SSSR count). The van der Waals surface area contributed by atoms with E-state index in [4.69, 9.17) is 0 Å². The number of rotatable bonds is 5. The number of aryl methyl sites for hydroxylation is 1. The minimum Gasteiger partial charge on any atom is -0.314 e. The maximum Gasteiger partial charge on any atom is 0.0524 e. The molecule has 0 radical (unpaired) electrons. The summed E-state index contributed by atoms with van der Waals surface area (Å²) in [5.74, 6) is 1.42. The third kappa shape index (κ3) is 2.39. The summed E-state index contributed by atoms with van der Waals surface area (Å²) < 4.78 is 2.02. The van der Waals surface area contributed by atoms with Crippen LogP contribution in [0.4, 0.5) is 0 Å². The van der Waals surface area contributed by atoms with E-state index in [2.05, 4.69) is 51.2 Å². The summed E-state index contributed by atoms with van der Waals surface area (Å²) >= 11 is 0. The molecular weight excluding hydrogens is 210 g/mol. The topological polar surface area (TPSA) is 29.9 Å². The van der Waals surface area contributed by atoms with Gasteiger partial charge in [-0.15, -0.1) is 0 Å². The van der Waals surface area contributed by atoms with E-state index in [1.165, 1.54) is 5.56 Å². The molecule has 0 amide bonds. The van der Waals surface area contributed by atoms with Gasteiger partial charge in [0.2, 0.25) is 0 Å². The van der Waals surface area contributed by atoms with Crippen LogP contribution in [0.3, 0.4) is 0 Å². The zero-order valence-corrected chi connectivity index (χ0v) is 11.7. The smallest absolute Gasteiger partial charge is 0.0524 e. The molecule has 1 aliphatic carbocycles. The van der Waals surface area contributed by atoms with Crippen LogP contribution in [0.15, 0.2) is 12.4 Å². The van der Waals surface area contributed by atoms with Crippen LogP contribution in [0.2, 0.25) is 0 Å². The van der Waals surface area contributed by atoms with E-state index in [1.807, 2.05) is 10.9 Å². The van der Waals surface area contributed by atoms with Crippen LogP contribution in [0.25, 0.3) is 0 Å². The lowest BCUT2D eigenvalue weighted by Gasteiger charge is -2.08. The molecule has 0 aromatic carbocycles. The van der Waals surface area contributed by atoms with Crippen molar-refractivity contribution < 1.29 is 0 Å². The Hall–Kier alpha value is -0.830. The fraction of sp³-hybridized carbons (Fsp3) is 0.786. The van der Waals surface area contributed by atoms with Crippen molar-refractivity contribution in [1.29, 1.82) is 0 Å². The SMILES string of the molecule is CCn1cc(C2C(CNC(C)C)C2(C)C)cn1. The van der Waals surface area contributed by atoms with E-state index in [1.54, 1.807) is 0 Å². The highest BCUT2D eigenvalue weighted by Crippen LogP contribution is 2.63. The van der Waals surface area contributed by atoms with Crippen molar-refractivity contribution in [3.8, 4) is 0 Å².